The van der Waals surface area contributed by atoms with E-state index in [-0.39, 0.29) is 23.7 Å². The predicted molar refractivity (Wildman–Crippen MR) is 72.4 cm³/mol. The Morgan fingerprint density at radius 1 is 1.33 bits per heavy atom. The first-order chi connectivity index (χ1) is 8.60. The number of carbonyl (C=O) groups is 1. The molecule has 0 spiro atoms. The molecule has 0 bridgehead atoms. The number of amides is 1. The van der Waals surface area contributed by atoms with E-state index in [4.69, 9.17) is 0 Å². The number of hydrogen-bond acceptors (Lipinski definition) is 3. The maximum atomic E-state index is 11.7. The molecule has 0 aromatic heterocycles. The highest BCUT2D eigenvalue weighted by Crippen LogP contribution is 2.26. The molecule has 0 aliphatic heterocycles. The molecule has 1 aromatic carbocycles. The lowest BCUT2D eigenvalue weighted by Gasteiger charge is -2.22. The van der Waals surface area contributed by atoms with Crippen molar-refractivity contribution in [1.82, 2.24) is 10.6 Å². The highest BCUT2D eigenvalue weighted by Gasteiger charge is 2.19. The highest BCUT2D eigenvalue weighted by molar-refractivity contribution is 5.81. The van der Waals surface area contributed by atoms with E-state index in [0.717, 1.165) is 12.0 Å². The standard InChI is InChI=1S/C14H22N2O2/c1-4-12(11-8-6-7-9-13(11)17)16-10(3)14(18)15-5-2/h6-10,12,16-17H,4-5H2,1-3H3,(H,15,18). The number of nitrogens with one attached hydrogen (secondary N) is 2. The molecule has 1 amide bonds. The van der Waals surface area contributed by atoms with E-state index in [1.165, 1.54) is 0 Å². The third kappa shape index (κ3) is 3.74. The van der Waals surface area contributed by atoms with Crippen LogP contribution in [0, 0.1) is 0 Å². The summed E-state index contributed by atoms with van der Waals surface area (Å²) >= 11 is 0. The molecule has 0 aliphatic rings. The van der Waals surface area contributed by atoms with Crippen LogP contribution in [-0.2, 0) is 4.79 Å². The smallest absolute Gasteiger partial charge is 0.236 e. The second kappa shape index (κ2) is 7.01. The maximum absolute atomic E-state index is 11.7. The van der Waals surface area contributed by atoms with E-state index in [0.29, 0.717) is 6.54 Å². The summed E-state index contributed by atoms with van der Waals surface area (Å²) in [5, 5.41) is 15.8. The summed E-state index contributed by atoms with van der Waals surface area (Å²) in [7, 11) is 0. The van der Waals surface area contributed by atoms with Crippen molar-refractivity contribution in [3.8, 4) is 5.75 Å². The molecule has 2 atom stereocenters. The van der Waals surface area contributed by atoms with Gasteiger partial charge in [0.15, 0.2) is 0 Å². The van der Waals surface area contributed by atoms with Crippen molar-refractivity contribution in [3.63, 3.8) is 0 Å². The number of rotatable bonds is 6. The number of benzene rings is 1. The minimum absolute atomic E-state index is 0.0219. The molecule has 2 unspecified atom stereocenters. The van der Waals surface area contributed by atoms with Crippen LogP contribution in [0.3, 0.4) is 0 Å². The average molecular weight is 250 g/mol. The Labute approximate surface area is 108 Å². The van der Waals surface area contributed by atoms with Crippen LogP contribution in [0.1, 0.15) is 38.8 Å². The molecule has 1 rings (SSSR count). The minimum Gasteiger partial charge on any atom is -0.508 e. The van der Waals surface area contributed by atoms with Gasteiger partial charge >= 0.3 is 0 Å². The third-order valence-electron chi connectivity index (χ3n) is 2.92. The molecular formula is C14H22N2O2. The summed E-state index contributed by atoms with van der Waals surface area (Å²) in [5.74, 6) is 0.242. The molecule has 0 saturated heterocycles. The van der Waals surface area contributed by atoms with Crippen molar-refractivity contribution < 1.29 is 9.90 Å². The van der Waals surface area contributed by atoms with Crippen molar-refractivity contribution in [2.24, 2.45) is 0 Å². The van der Waals surface area contributed by atoms with Crippen LogP contribution in [0.5, 0.6) is 5.75 Å². The van der Waals surface area contributed by atoms with Crippen LogP contribution in [-0.4, -0.2) is 23.6 Å². The van der Waals surface area contributed by atoms with Crippen LogP contribution >= 0.6 is 0 Å². The van der Waals surface area contributed by atoms with Gasteiger partial charge in [0, 0.05) is 18.2 Å². The van der Waals surface area contributed by atoms with Crippen LogP contribution in [0.2, 0.25) is 0 Å². The molecule has 0 saturated carbocycles. The van der Waals surface area contributed by atoms with Gasteiger partial charge in [-0.05, 0) is 26.3 Å². The zero-order valence-corrected chi connectivity index (χ0v) is 11.2. The summed E-state index contributed by atoms with van der Waals surface area (Å²) < 4.78 is 0. The van der Waals surface area contributed by atoms with E-state index in [1.807, 2.05) is 32.9 Å². The second-order valence-corrected chi connectivity index (χ2v) is 4.30. The summed E-state index contributed by atoms with van der Waals surface area (Å²) in [6.45, 7) is 6.37. The molecule has 4 heteroatoms. The van der Waals surface area contributed by atoms with Gasteiger partial charge in [0.25, 0.3) is 0 Å². The molecule has 18 heavy (non-hydrogen) atoms. The Bertz CT molecular complexity index is 393. The number of para-hydroxylation sites is 1. The number of hydrogen-bond donors (Lipinski definition) is 3. The minimum atomic E-state index is -0.283. The van der Waals surface area contributed by atoms with Crippen molar-refractivity contribution >= 4 is 5.91 Å². The van der Waals surface area contributed by atoms with Gasteiger partial charge in [-0.3, -0.25) is 10.1 Å². The zero-order valence-electron chi connectivity index (χ0n) is 11.2. The first kappa shape index (κ1) is 14.5. The predicted octanol–water partition coefficient (Wildman–Crippen LogP) is 1.96. The maximum Gasteiger partial charge on any atom is 0.236 e. The van der Waals surface area contributed by atoms with Crippen LogP contribution in [0.25, 0.3) is 0 Å². The average Bonchev–Trinajstić information content (AvgIpc) is 2.37. The largest absolute Gasteiger partial charge is 0.508 e. The second-order valence-electron chi connectivity index (χ2n) is 4.30. The fraction of sp³-hybridized carbons (Fsp3) is 0.500. The molecule has 3 N–H and O–H groups in total. The van der Waals surface area contributed by atoms with Crippen molar-refractivity contribution in [1.29, 1.82) is 0 Å². The van der Waals surface area contributed by atoms with Gasteiger partial charge in [0.1, 0.15) is 5.75 Å². The molecule has 100 valence electrons. The molecular weight excluding hydrogens is 228 g/mol. The number of likely N-dealkylation sites (N-methyl/N-ethyl adjacent to an activating group) is 1. The molecule has 1 aromatic rings. The number of carbonyl (C=O) groups excluding carboxylic acids is 1. The first-order valence-corrected chi connectivity index (χ1v) is 6.41. The van der Waals surface area contributed by atoms with E-state index in [9.17, 15) is 9.90 Å². The molecule has 0 aliphatic carbocycles. The Morgan fingerprint density at radius 3 is 2.56 bits per heavy atom. The lowest BCUT2D eigenvalue weighted by Crippen LogP contribution is -2.43. The Kier molecular flexibility index (Phi) is 5.65. The normalized spacial score (nSPS) is 13.9. The lowest BCUT2D eigenvalue weighted by molar-refractivity contribution is -0.122. The zero-order chi connectivity index (χ0) is 13.5. The fourth-order valence-electron chi connectivity index (χ4n) is 1.91. The summed E-state index contributed by atoms with van der Waals surface area (Å²) in [6.07, 6.45) is 0.807. The SMILES string of the molecule is CCNC(=O)C(C)NC(CC)c1ccccc1O. The van der Waals surface area contributed by atoms with Gasteiger partial charge < -0.3 is 10.4 Å². The summed E-state index contributed by atoms with van der Waals surface area (Å²) in [4.78, 5) is 11.7. The third-order valence-corrected chi connectivity index (χ3v) is 2.92. The topological polar surface area (TPSA) is 61.4 Å². The highest BCUT2D eigenvalue weighted by atomic mass is 16.3. The molecule has 0 radical (unpaired) electrons. The number of aromatic hydroxyl groups is 1. The fourth-order valence-corrected chi connectivity index (χ4v) is 1.91. The molecule has 0 heterocycles. The van der Waals surface area contributed by atoms with Crippen LogP contribution in [0.4, 0.5) is 0 Å². The van der Waals surface area contributed by atoms with E-state index in [1.54, 1.807) is 12.1 Å². The summed E-state index contributed by atoms with van der Waals surface area (Å²) in [6, 6.07) is 6.91. The summed E-state index contributed by atoms with van der Waals surface area (Å²) in [5.41, 5.74) is 0.830. The number of phenols is 1. The quantitative estimate of drug-likeness (QED) is 0.723. The number of phenolic OH excluding ortho intramolecular Hbond substituents is 1. The van der Waals surface area contributed by atoms with E-state index in [2.05, 4.69) is 10.6 Å². The van der Waals surface area contributed by atoms with Gasteiger partial charge in [0.2, 0.25) is 5.91 Å². The van der Waals surface area contributed by atoms with Gasteiger partial charge in [-0.1, -0.05) is 25.1 Å². The van der Waals surface area contributed by atoms with Crippen molar-refractivity contribution in [2.75, 3.05) is 6.54 Å². The van der Waals surface area contributed by atoms with Gasteiger partial charge in [-0.2, -0.15) is 0 Å². The van der Waals surface area contributed by atoms with Crippen LogP contribution in [0.15, 0.2) is 24.3 Å². The molecule has 0 fully saturated rings. The van der Waals surface area contributed by atoms with Gasteiger partial charge in [0.05, 0.1) is 6.04 Å². The van der Waals surface area contributed by atoms with Crippen molar-refractivity contribution in [2.45, 2.75) is 39.3 Å². The lowest BCUT2D eigenvalue weighted by atomic mass is 10.0. The Balaban J connectivity index is 2.74. The Hall–Kier alpha value is -1.55. The molecule has 4 nitrogen and oxygen atoms in total. The first-order valence-electron chi connectivity index (χ1n) is 6.41. The van der Waals surface area contributed by atoms with Gasteiger partial charge in [-0.15, -0.1) is 0 Å². The van der Waals surface area contributed by atoms with E-state index < -0.39 is 0 Å². The van der Waals surface area contributed by atoms with Gasteiger partial charge in [-0.25, -0.2) is 0 Å². The Morgan fingerprint density at radius 2 is 2.00 bits per heavy atom. The monoisotopic (exact) mass is 250 g/mol. The van der Waals surface area contributed by atoms with E-state index >= 15 is 0 Å². The van der Waals surface area contributed by atoms with Crippen molar-refractivity contribution in [3.05, 3.63) is 29.8 Å². The van der Waals surface area contributed by atoms with Crippen LogP contribution < -0.4 is 10.6 Å².